The molecule has 4 rings (SSSR count). The predicted octanol–water partition coefficient (Wildman–Crippen LogP) is 7.57. The zero-order chi connectivity index (χ0) is 22.6. The summed E-state index contributed by atoms with van der Waals surface area (Å²) in [5.74, 6) is -0.258. The van der Waals surface area contributed by atoms with E-state index in [2.05, 4.69) is 38.1 Å². The van der Waals surface area contributed by atoms with E-state index in [0.717, 1.165) is 14.7 Å². The van der Waals surface area contributed by atoms with E-state index in [9.17, 15) is 9.90 Å². The van der Waals surface area contributed by atoms with Gasteiger partial charge in [0.2, 0.25) is 0 Å². The highest BCUT2D eigenvalue weighted by atomic mass is 32.3. The van der Waals surface area contributed by atoms with Gasteiger partial charge >= 0.3 is 5.97 Å². The molecule has 0 fully saturated rings. The molecule has 0 aliphatic carbocycles. The van der Waals surface area contributed by atoms with Crippen LogP contribution in [-0.2, 0) is 4.18 Å². The van der Waals surface area contributed by atoms with Crippen LogP contribution >= 0.6 is 10.3 Å². The van der Waals surface area contributed by atoms with Gasteiger partial charge in [0.25, 0.3) is 0 Å². The fraction of sp³-hybridized carbons (Fsp3) is 0.107. The standard InChI is InChI=1S/C28H26O3S/c1-21(2)22-17-19-25(20-18-22)32(23-11-5-3-6-12-23,24-13-7-4-8-14-24)31-28(30)26-15-9-10-16-27(26)29/h3-21,29H,1-2H3. The lowest BCUT2D eigenvalue weighted by Crippen LogP contribution is -2.14. The highest BCUT2D eigenvalue weighted by Crippen LogP contribution is 2.69. The van der Waals surface area contributed by atoms with Gasteiger partial charge < -0.3 is 9.29 Å². The lowest BCUT2D eigenvalue weighted by atomic mass is 10.0. The number of para-hydroxylation sites is 1. The molecular weight excluding hydrogens is 416 g/mol. The molecule has 0 atom stereocenters. The van der Waals surface area contributed by atoms with Gasteiger partial charge in [-0.05, 0) is 70.3 Å². The fourth-order valence-electron chi connectivity index (χ4n) is 3.63. The third-order valence-corrected chi connectivity index (χ3v) is 8.56. The lowest BCUT2D eigenvalue weighted by Gasteiger charge is -2.40. The minimum absolute atomic E-state index is 0.0953. The maximum Gasteiger partial charge on any atom is 0.353 e. The Kier molecular flexibility index (Phi) is 6.33. The van der Waals surface area contributed by atoms with Gasteiger partial charge in [-0.15, -0.1) is 0 Å². The Hall–Kier alpha value is -3.50. The van der Waals surface area contributed by atoms with Crippen molar-refractivity contribution in [3.8, 4) is 5.75 Å². The first kappa shape index (κ1) is 21.7. The molecule has 1 N–H and O–H groups in total. The molecule has 32 heavy (non-hydrogen) atoms. The molecule has 0 heterocycles. The maximum atomic E-state index is 13.4. The maximum absolute atomic E-state index is 13.4. The molecule has 0 saturated carbocycles. The Labute approximate surface area is 190 Å². The molecule has 0 aliphatic heterocycles. The Bertz CT molecular complexity index is 1150. The summed E-state index contributed by atoms with van der Waals surface area (Å²) < 4.78 is 6.45. The van der Waals surface area contributed by atoms with Crippen molar-refractivity contribution in [3.05, 3.63) is 120 Å². The van der Waals surface area contributed by atoms with Gasteiger partial charge in [-0.1, -0.05) is 74.5 Å². The number of carbonyl (C=O) groups is 1. The number of benzene rings is 4. The normalized spacial score (nSPS) is 11.8. The van der Waals surface area contributed by atoms with Crippen LogP contribution in [0.3, 0.4) is 0 Å². The Morgan fingerprint density at radius 3 is 1.66 bits per heavy atom. The number of carbonyl (C=O) groups excluding carboxylic acids is 1. The quantitative estimate of drug-likeness (QED) is 0.335. The third-order valence-electron chi connectivity index (χ3n) is 5.35. The first-order valence-corrected chi connectivity index (χ1v) is 12.1. The molecule has 0 amide bonds. The largest absolute Gasteiger partial charge is 0.507 e. The second-order valence-electron chi connectivity index (χ2n) is 7.79. The SMILES string of the molecule is CC(C)c1ccc(S(OC(=O)c2ccccc2O)(c2ccccc2)c2ccccc2)cc1. The summed E-state index contributed by atoms with van der Waals surface area (Å²) in [4.78, 5) is 16.2. The molecular formula is C28H26O3S. The van der Waals surface area contributed by atoms with E-state index >= 15 is 0 Å². The molecule has 0 saturated heterocycles. The van der Waals surface area contributed by atoms with Crippen LogP contribution in [0.5, 0.6) is 5.75 Å². The number of hydrogen-bond acceptors (Lipinski definition) is 3. The molecule has 3 nitrogen and oxygen atoms in total. The minimum Gasteiger partial charge on any atom is -0.507 e. The van der Waals surface area contributed by atoms with Crippen LogP contribution in [0.1, 0.15) is 35.7 Å². The zero-order valence-corrected chi connectivity index (χ0v) is 19.0. The average Bonchev–Trinajstić information content (AvgIpc) is 2.84. The van der Waals surface area contributed by atoms with Crippen molar-refractivity contribution in [2.24, 2.45) is 0 Å². The Morgan fingerprint density at radius 2 is 1.16 bits per heavy atom. The summed E-state index contributed by atoms with van der Waals surface area (Å²) in [5, 5.41) is 10.3. The van der Waals surface area contributed by atoms with E-state index < -0.39 is 16.3 Å². The monoisotopic (exact) mass is 442 g/mol. The van der Waals surface area contributed by atoms with Crippen LogP contribution in [0.25, 0.3) is 0 Å². The van der Waals surface area contributed by atoms with Crippen LogP contribution in [0.2, 0.25) is 0 Å². The summed E-state index contributed by atoms with van der Waals surface area (Å²) in [5.41, 5.74) is 1.37. The number of phenols is 1. The fourth-order valence-corrected chi connectivity index (χ4v) is 6.65. The summed E-state index contributed by atoms with van der Waals surface area (Å²) >= 11 is 0. The number of hydrogen-bond donors (Lipinski definition) is 1. The first-order chi connectivity index (χ1) is 15.5. The molecule has 4 aromatic carbocycles. The van der Waals surface area contributed by atoms with Gasteiger partial charge in [-0.3, -0.25) is 0 Å². The van der Waals surface area contributed by atoms with E-state index in [1.165, 1.54) is 11.6 Å². The van der Waals surface area contributed by atoms with Crippen LogP contribution < -0.4 is 0 Å². The summed E-state index contributed by atoms with van der Waals surface area (Å²) in [6.45, 7) is 4.31. The van der Waals surface area contributed by atoms with E-state index in [1.807, 2.05) is 60.7 Å². The van der Waals surface area contributed by atoms with Crippen molar-refractivity contribution in [2.45, 2.75) is 34.5 Å². The van der Waals surface area contributed by atoms with Crippen molar-refractivity contribution in [3.63, 3.8) is 0 Å². The topological polar surface area (TPSA) is 46.5 Å². The number of aromatic hydroxyl groups is 1. The van der Waals surface area contributed by atoms with E-state index in [1.54, 1.807) is 18.2 Å². The van der Waals surface area contributed by atoms with E-state index in [4.69, 9.17) is 4.18 Å². The Balaban J connectivity index is 1.95. The predicted molar refractivity (Wildman–Crippen MR) is 129 cm³/mol. The van der Waals surface area contributed by atoms with Gasteiger partial charge in [-0.2, -0.15) is 0 Å². The molecule has 0 radical (unpaired) electrons. The second kappa shape index (κ2) is 9.33. The van der Waals surface area contributed by atoms with Gasteiger partial charge in [0.05, 0.1) is 0 Å². The van der Waals surface area contributed by atoms with Crippen LogP contribution in [0.15, 0.2) is 124 Å². The van der Waals surface area contributed by atoms with Crippen molar-refractivity contribution in [1.82, 2.24) is 0 Å². The highest BCUT2D eigenvalue weighted by molar-refractivity contribution is 8.30. The van der Waals surface area contributed by atoms with Gasteiger partial charge in [0, 0.05) is 14.7 Å². The van der Waals surface area contributed by atoms with Crippen molar-refractivity contribution in [1.29, 1.82) is 0 Å². The highest BCUT2D eigenvalue weighted by Gasteiger charge is 2.36. The third kappa shape index (κ3) is 4.14. The summed E-state index contributed by atoms with van der Waals surface area (Å²) in [6.07, 6.45) is 0. The van der Waals surface area contributed by atoms with Crippen molar-refractivity contribution >= 4 is 16.3 Å². The average molecular weight is 443 g/mol. The van der Waals surface area contributed by atoms with Crippen molar-refractivity contribution in [2.75, 3.05) is 0 Å². The summed E-state index contributed by atoms with van der Waals surface area (Å²) in [6, 6.07) is 34.5. The van der Waals surface area contributed by atoms with E-state index in [-0.39, 0.29) is 11.3 Å². The van der Waals surface area contributed by atoms with Crippen LogP contribution in [0.4, 0.5) is 0 Å². The molecule has 4 heteroatoms. The molecule has 0 unspecified atom stereocenters. The van der Waals surface area contributed by atoms with Gasteiger partial charge in [-0.25, -0.2) is 4.79 Å². The number of rotatable bonds is 6. The smallest absolute Gasteiger partial charge is 0.353 e. The summed E-state index contributed by atoms with van der Waals surface area (Å²) in [7, 11) is -2.40. The lowest BCUT2D eigenvalue weighted by molar-refractivity contribution is 0.0754. The molecule has 0 bridgehead atoms. The zero-order valence-electron chi connectivity index (χ0n) is 18.1. The van der Waals surface area contributed by atoms with Crippen LogP contribution in [-0.4, -0.2) is 11.1 Å². The number of phenolic OH excluding ortho intramolecular Hbond substituents is 1. The molecule has 162 valence electrons. The molecule has 0 aromatic heterocycles. The first-order valence-electron chi connectivity index (χ1n) is 10.6. The minimum atomic E-state index is -2.40. The van der Waals surface area contributed by atoms with Crippen molar-refractivity contribution < 1.29 is 14.1 Å². The molecule has 0 spiro atoms. The van der Waals surface area contributed by atoms with Gasteiger partial charge in [0.1, 0.15) is 11.3 Å². The molecule has 0 aliphatic rings. The second-order valence-corrected chi connectivity index (χ2v) is 10.5. The van der Waals surface area contributed by atoms with E-state index in [0.29, 0.717) is 5.92 Å². The Morgan fingerprint density at radius 1 is 0.688 bits per heavy atom. The van der Waals surface area contributed by atoms with Gasteiger partial charge in [0.15, 0.2) is 0 Å². The van der Waals surface area contributed by atoms with Crippen LogP contribution in [0, 0.1) is 0 Å². The molecule has 4 aromatic rings.